The number of benzene rings is 3. The van der Waals surface area contributed by atoms with Crippen molar-refractivity contribution in [1.29, 1.82) is 0 Å². The number of hydrogen-bond acceptors (Lipinski definition) is 3. The summed E-state index contributed by atoms with van der Waals surface area (Å²) >= 11 is 0. The van der Waals surface area contributed by atoms with E-state index in [4.69, 9.17) is 0 Å². The third-order valence-corrected chi connectivity index (χ3v) is 5.52. The van der Waals surface area contributed by atoms with Crippen molar-refractivity contribution in [2.24, 2.45) is 0 Å². The topological polar surface area (TPSA) is 54.0 Å². The highest BCUT2D eigenvalue weighted by Gasteiger charge is 2.30. The number of carbonyl (C=O) groups is 1. The van der Waals surface area contributed by atoms with Gasteiger partial charge in [0.05, 0.1) is 5.56 Å². The number of pyridine rings is 1. The van der Waals surface area contributed by atoms with Crippen LogP contribution in [0.2, 0.25) is 0 Å². The molecule has 0 spiro atoms. The van der Waals surface area contributed by atoms with Gasteiger partial charge in [0.25, 0.3) is 5.91 Å². The van der Waals surface area contributed by atoms with Crippen molar-refractivity contribution in [3.05, 3.63) is 114 Å². The molecule has 0 saturated heterocycles. The van der Waals surface area contributed by atoms with Crippen LogP contribution in [0.15, 0.2) is 91.1 Å². The summed E-state index contributed by atoms with van der Waals surface area (Å²) < 4.78 is 38.8. The molecule has 0 bridgehead atoms. The molecule has 1 amide bonds. The summed E-state index contributed by atoms with van der Waals surface area (Å²) in [5.41, 5.74) is 4.18. The first-order chi connectivity index (χ1) is 16.8. The molecule has 1 heterocycles. The number of anilines is 2. The second-order valence-corrected chi connectivity index (χ2v) is 8.15. The lowest BCUT2D eigenvalue weighted by Crippen LogP contribution is -2.13. The quantitative estimate of drug-likeness (QED) is 0.303. The predicted molar refractivity (Wildman–Crippen MR) is 132 cm³/mol. The summed E-state index contributed by atoms with van der Waals surface area (Å²) in [4.78, 5) is 17.4. The number of nitrogens with one attached hydrogen (secondary N) is 2. The minimum absolute atomic E-state index is 0.334. The largest absolute Gasteiger partial charge is 0.416 e. The first-order valence-electron chi connectivity index (χ1n) is 11.1. The van der Waals surface area contributed by atoms with E-state index in [9.17, 15) is 18.0 Å². The van der Waals surface area contributed by atoms with Gasteiger partial charge in [-0.15, -0.1) is 0 Å². The molecule has 0 aliphatic heterocycles. The first kappa shape index (κ1) is 24.0. The molecule has 0 saturated carbocycles. The van der Waals surface area contributed by atoms with Crippen LogP contribution in [0.5, 0.6) is 0 Å². The normalized spacial score (nSPS) is 11.2. The Morgan fingerprint density at radius 1 is 0.886 bits per heavy atom. The summed E-state index contributed by atoms with van der Waals surface area (Å²) in [6.07, 6.45) is -1.85. The van der Waals surface area contributed by atoms with Crippen molar-refractivity contribution in [1.82, 2.24) is 4.98 Å². The molecule has 0 aliphatic rings. The number of rotatable bonds is 7. The van der Waals surface area contributed by atoms with Crippen LogP contribution in [0.25, 0.3) is 11.1 Å². The van der Waals surface area contributed by atoms with E-state index in [1.54, 1.807) is 30.5 Å². The van der Waals surface area contributed by atoms with Crippen LogP contribution in [0.4, 0.5) is 24.5 Å². The van der Waals surface area contributed by atoms with Crippen LogP contribution >= 0.6 is 0 Å². The molecule has 35 heavy (non-hydrogen) atoms. The van der Waals surface area contributed by atoms with Crippen LogP contribution < -0.4 is 10.6 Å². The Bertz CT molecular complexity index is 1290. The van der Waals surface area contributed by atoms with Crippen molar-refractivity contribution in [2.45, 2.75) is 19.5 Å². The fourth-order valence-corrected chi connectivity index (χ4v) is 3.69. The first-order valence-corrected chi connectivity index (χ1v) is 11.1. The zero-order valence-corrected chi connectivity index (χ0v) is 19.1. The molecule has 0 aliphatic carbocycles. The molecule has 0 unspecified atom stereocenters. The Morgan fingerprint density at radius 3 is 2.26 bits per heavy atom. The standard InChI is InChI=1S/C28H24F3N3O/c1-19-5-14-25(20-6-8-21(9-7-20)28(29,30)31)26(18-19)27(35)34-24-12-10-23(11-13-24)33-17-15-22-4-2-3-16-32-22/h2-14,16,18,33H,15,17H2,1H3,(H,34,35). The van der Waals surface area contributed by atoms with E-state index in [1.807, 2.05) is 43.3 Å². The highest BCUT2D eigenvalue weighted by atomic mass is 19.4. The highest BCUT2D eigenvalue weighted by Crippen LogP contribution is 2.32. The lowest BCUT2D eigenvalue weighted by atomic mass is 9.96. The second kappa shape index (κ2) is 10.4. The van der Waals surface area contributed by atoms with Crippen molar-refractivity contribution in [2.75, 3.05) is 17.2 Å². The van der Waals surface area contributed by atoms with Gasteiger partial charge in [0.15, 0.2) is 0 Å². The zero-order valence-electron chi connectivity index (χ0n) is 19.1. The summed E-state index contributed by atoms with van der Waals surface area (Å²) in [5.74, 6) is -0.334. The Kier molecular flexibility index (Phi) is 7.15. The molecule has 0 radical (unpaired) electrons. The van der Waals surface area contributed by atoms with Gasteiger partial charge in [0, 0.05) is 41.8 Å². The van der Waals surface area contributed by atoms with Gasteiger partial charge < -0.3 is 10.6 Å². The van der Waals surface area contributed by atoms with Crippen molar-refractivity contribution in [3.8, 4) is 11.1 Å². The Labute approximate surface area is 201 Å². The monoisotopic (exact) mass is 475 g/mol. The SMILES string of the molecule is Cc1ccc(-c2ccc(C(F)(F)F)cc2)c(C(=O)Nc2ccc(NCCc3ccccn3)cc2)c1. The van der Waals surface area contributed by atoms with Crippen molar-refractivity contribution >= 4 is 17.3 Å². The Morgan fingerprint density at radius 2 is 1.60 bits per heavy atom. The molecule has 0 fully saturated rings. The molecule has 4 rings (SSSR count). The van der Waals surface area contributed by atoms with E-state index < -0.39 is 11.7 Å². The van der Waals surface area contributed by atoms with Gasteiger partial charge in [-0.05, 0) is 72.6 Å². The number of aromatic nitrogens is 1. The minimum atomic E-state index is -4.41. The Hall–Kier alpha value is -4.13. The lowest BCUT2D eigenvalue weighted by Gasteiger charge is -2.13. The number of nitrogens with zero attached hydrogens (tertiary/aromatic N) is 1. The van der Waals surface area contributed by atoms with Crippen molar-refractivity contribution in [3.63, 3.8) is 0 Å². The van der Waals surface area contributed by atoms with Gasteiger partial charge in [-0.1, -0.05) is 35.9 Å². The fraction of sp³-hybridized carbons (Fsp3) is 0.143. The third kappa shape index (κ3) is 6.26. The summed E-state index contributed by atoms with van der Waals surface area (Å²) in [6, 6.07) is 23.3. The van der Waals surface area contributed by atoms with Crippen LogP contribution in [-0.2, 0) is 12.6 Å². The van der Waals surface area contributed by atoms with E-state index >= 15 is 0 Å². The van der Waals surface area contributed by atoms with Crippen LogP contribution in [0, 0.1) is 6.92 Å². The molecule has 3 aromatic carbocycles. The average Bonchev–Trinajstić information content (AvgIpc) is 2.85. The summed E-state index contributed by atoms with van der Waals surface area (Å²) in [7, 11) is 0. The van der Waals surface area contributed by atoms with Crippen LogP contribution in [0.3, 0.4) is 0 Å². The third-order valence-electron chi connectivity index (χ3n) is 5.52. The average molecular weight is 476 g/mol. The van der Waals surface area contributed by atoms with E-state index in [-0.39, 0.29) is 5.91 Å². The van der Waals surface area contributed by atoms with E-state index in [0.29, 0.717) is 22.4 Å². The Balaban J connectivity index is 1.44. The summed E-state index contributed by atoms with van der Waals surface area (Å²) in [6.45, 7) is 2.58. The molecule has 1 aromatic heterocycles. The maximum atomic E-state index is 13.1. The van der Waals surface area contributed by atoms with Gasteiger partial charge in [-0.3, -0.25) is 9.78 Å². The predicted octanol–water partition coefficient (Wildman–Crippen LogP) is 6.98. The number of alkyl halides is 3. The molecule has 4 aromatic rings. The molecule has 178 valence electrons. The molecule has 2 N–H and O–H groups in total. The number of amides is 1. The number of halogens is 3. The maximum absolute atomic E-state index is 13.1. The molecule has 4 nitrogen and oxygen atoms in total. The number of carbonyl (C=O) groups excluding carboxylic acids is 1. The van der Waals surface area contributed by atoms with Crippen molar-refractivity contribution < 1.29 is 18.0 Å². The minimum Gasteiger partial charge on any atom is -0.385 e. The maximum Gasteiger partial charge on any atom is 0.416 e. The zero-order chi connectivity index (χ0) is 24.8. The van der Waals surface area contributed by atoms with Gasteiger partial charge in [-0.2, -0.15) is 13.2 Å². The molecule has 7 heteroatoms. The van der Waals surface area contributed by atoms with Gasteiger partial charge in [0.2, 0.25) is 0 Å². The van der Waals surface area contributed by atoms with Gasteiger partial charge in [0.1, 0.15) is 0 Å². The molecular formula is C28H24F3N3O. The highest BCUT2D eigenvalue weighted by molar-refractivity contribution is 6.09. The molecular weight excluding hydrogens is 451 g/mol. The van der Waals surface area contributed by atoms with Crippen LogP contribution in [0.1, 0.15) is 27.2 Å². The summed E-state index contributed by atoms with van der Waals surface area (Å²) in [5, 5.41) is 6.21. The smallest absolute Gasteiger partial charge is 0.385 e. The lowest BCUT2D eigenvalue weighted by molar-refractivity contribution is -0.137. The van der Waals surface area contributed by atoms with E-state index in [0.717, 1.165) is 42.0 Å². The van der Waals surface area contributed by atoms with E-state index in [2.05, 4.69) is 15.6 Å². The number of hydrogen-bond donors (Lipinski definition) is 2. The number of aryl methyl sites for hydroxylation is 1. The van der Waals surface area contributed by atoms with Crippen LogP contribution in [-0.4, -0.2) is 17.4 Å². The van der Waals surface area contributed by atoms with Gasteiger partial charge >= 0.3 is 6.18 Å². The van der Waals surface area contributed by atoms with Gasteiger partial charge in [-0.25, -0.2) is 0 Å². The molecule has 0 atom stereocenters. The second-order valence-electron chi connectivity index (χ2n) is 8.15. The van der Waals surface area contributed by atoms with E-state index in [1.165, 1.54) is 12.1 Å². The fourth-order valence-electron chi connectivity index (χ4n) is 3.69.